The zero-order valence-electron chi connectivity index (χ0n) is 23.2. The molecule has 0 fully saturated rings. The Morgan fingerprint density at radius 3 is 2.30 bits per heavy atom. The van der Waals surface area contributed by atoms with E-state index in [2.05, 4.69) is 16.7 Å². The Hall–Kier alpha value is -4.91. The first-order valence-corrected chi connectivity index (χ1v) is 13.9. The highest BCUT2D eigenvalue weighted by Gasteiger charge is 2.34. The van der Waals surface area contributed by atoms with Crippen LogP contribution in [0.2, 0.25) is 0 Å². The lowest BCUT2D eigenvalue weighted by molar-refractivity contribution is -0.138. The Morgan fingerprint density at radius 2 is 1.70 bits per heavy atom. The van der Waals surface area contributed by atoms with Crippen molar-refractivity contribution < 1.29 is 32.7 Å². The van der Waals surface area contributed by atoms with Crippen LogP contribution in [0.25, 0.3) is 5.57 Å². The number of nitrogens with zero attached hydrogens (tertiary/aromatic N) is 1. The van der Waals surface area contributed by atoms with Gasteiger partial charge in [-0.05, 0) is 84.7 Å². The van der Waals surface area contributed by atoms with Crippen molar-refractivity contribution in [2.45, 2.75) is 50.6 Å². The smallest absolute Gasteiger partial charge is 0.417 e. The third-order valence-corrected chi connectivity index (χ3v) is 7.28. The number of alkyl halides is 3. The fourth-order valence-electron chi connectivity index (χ4n) is 4.99. The molecule has 3 aromatic carbocycles. The number of anilines is 1. The number of allylic oxidation sites excluding steroid dienone is 2. The summed E-state index contributed by atoms with van der Waals surface area (Å²) in [5, 5.41) is 23.0. The zero-order chi connectivity index (χ0) is 31.0. The second-order valence-electron chi connectivity index (χ2n) is 10.3. The molecule has 0 aromatic heterocycles. The predicted octanol–water partition coefficient (Wildman–Crippen LogP) is 6.70. The third kappa shape index (κ3) is 8.32. The number of aliphatic carboxylic acids is 1. The van der Waals surface area contributed by atoms with Gasteiger partial charge in [0, 0.05) is 17.8 Å². The van der Waals surface area contributed by atoms with Crippen molar-refractivity contribution in [3.05, 3.63) is 106 Å². The summed E-state index contributed by atoms with van der Waals surface area (Å²) in [6.07, 6.45) is 1.67. The number of carboxylic acid groups (broad SMARTS) is 1. The van der Waals surface area contributed by atoms with E-state index in [0.29, 0.717) is 16.7 Å². The highest BCUT2D eigenvalue weighted by molar-refractivity contribution is 5.96. The summed E-state index contributed by atoms with van der Waals surface area (Å²) in [7, 11) is 0. The minimum absolute atomic E-state index is 0.0174. The predicted molar refractivity (Wildman–Crippen MR) is 155 cm³/mol. The number of carbonyl (C=O) groups is 3. The second-order valence-corrected chi connectivity index (χ2v) is 10.3. The molecule has 3 aromatic rings. The maximum absolute atomic E-state index is 13.6. The maximum Gasteiger partial charge on any atom is 0.417 e. The lowest BCUT2D eigenvalue weighted by Gasteiger charge is -2.20. The Morgan fingerprint density at radius 1 is 0.977 bits per heavy atom. The van der Waals surface area contributed by atoms with E-state index in [1.807, 2.05) is 24.3 Å². The molecule has 10 heteroatoms. The molecule has 0 bridgehead atoms. The largest absolute Gasteiger partial charge is 0.481 e. The summed E-state index contributed by atoms with van der Waals surface area (Å²) >= 11 is 0. The fraction of sp³-hybridized carbons (Fsp3) is 0.273. The van der Waals surface area contributed by atoms with E-state index in [-0.39, 0.29) is 25.1 Å². The lowest BCUT2D eigenvalue weighted by Crippen LogP contribution is -2.26. The van der Waals surface area contributed by atoms with Crippen molar-refractivity contribution in [3.8, 4) is 6.07 Å². The monoisotopic (exact) mass is 589 g/mol. The Kier molecular flexibility index (Phi) is 9.99. The molecule has 1 unspecified atom stereocenters. The summed E-state index contributed by atoms with van der Waals surface area (Å²) < 4.78 is 40.6. The van der Waals surface area contributed by atoms with E-state index in [4.69, 9.17) is 10.4 Å². The topological polar surface area (TPSA) is 119 Å². The minimum Gasteiger partial charge on any atom is -0.481 e. The number of halogens is 3. The number of hydrogen-bond donors (Lipinski definition) is 3. The number of nitrogens with one attached hydrogen (secondary N) is 2. The number of hydrogen-bond acceptors (Lipinski definition) is 4. The number of carbonyl (C=O) groups excluding carboxylic acids is 2. The molecule has 1 atom stereocenters. The van der Waals surface area contributed by atoms with Crippen LogP contribution in [0, 0.1) is 11.3 Å². The summed E-state index contributed by atoms with van der Waals surface area (Å²) in [5.74, 6) is -2.78. The minimum atomic E-state index is -4.77. The van der Waals surface area contributed by atoms with E-state index in [1.165, 1.54) is 17.7 Å². The van der Waals surface area contributed by atoms with Gasteiger partial charge in [-0.15, -0.1) is 0 Å². The zero-order valence-corrected chi connectivity index (χ0v) is 23.2. The number of amides is 2. The van der Waals surface area contributed by atoms with E-state index >= 15 is 0 Å². The summed E-state index contributed by atoms with van der Waals surface area (Å²) in [4.78, 5) is 36.6. The summed E-state index contributed by atoms with van der Waals surface area (Å²) in [5.41, 5.74) is 2.23. The second kappa shape index (κ2) is 13.8. The van der Waals surface area contributed by atoms with Gasteiger partial charge in [-0.25, -0.2) is 0 Å². The lowest BCUT2D eigenvalue weighted by atomic mass is 9.88. The molecule has 0 heterocycles. The van der Waals surface area contributed by atoms with Gasteiger partial charge in [-0.1, -0.05) is 42.5 Å². The van der Waals surface area contributed by atoms with Crippen LogP contribution in [-0.2, 0) is 22.2 Å². The van der Waals surface area contributed by atoms with Crippen LogP contribution in [0.1, 0.15) is 76.2 Å². The Balaban J connectivity index is 1.58. The highest BCUT2D eigenvalue weighted by atomic mass is 19.4. The molecule has 222 valence electrons. The molecule has 7 nitrogen and oxygen atoms in total. The molecule has 0 aliphatic heterocycles. The molecule has 43 heavy (non-hydrogen) atoms. The van der Waals surface area contributed by atoms with Gasteiger partial charge in [0.1, 0.15) is 0 Å². The maximum atomic E-state index is 13.6. The summed E-state index contributed by atoms with van der Waals surface area (Å²) in [6, 6.07) is 18.6. The average molecular weight is 590 g/mol. The van der Waals surface area contributed by atoms with Gasteiger partial charge >= 0.3 is 12.1 Å². The van der Waals surface area contributed by atoms with Gasteiger partial charge in [0.05, 0.1) is 29.5 Å². The van der Waals surface area contributed by atoms with Gasteiger partial charge in [-0.2, -0.15) is 18.4 Å². The SMILES string of the molecule is N#Cc1ccc(NC(=O)C(Cc2ccc(C(=O)NCCC(=O)O)cc2)c2ccc(C3=CCCCC3)cc2)cc1C(F)(F)F. The molecule has 1 aliphatic carbocycles. The molecule has 0 radical (unpaired) electrons. The standard InChI is InChI=1S/C33H30F3N3O4/c34-33(35,36)29-19-27(15-14-26(29)20-37)39-32(43)28(24-12-10-23(11-13-24)22-4-2-1-3-5-22)18-21-6-8-25(9-7-21)31(42)38-17-16-30(40)41/h4,6-15,19,28H,1-3,5,16-18H2,(H,38,42)(H,39,43)(H,40,41). The van der Waals surface area contributed by atoms with Crippen molar-refractivity contribution in [2.24, 2.45) is 0 Å². The summed E-state index contributed by atoms with van der Waals surface area (Å²) in [6.45, 7) is -0.0174. The Labute approximate surface area is 247 Å². The fourth-order valence-corrected chi connectivity index (χ4v) is 4.99. The quantitative estimate of drug-likeness (QED) is 0.243. The molecular formula is C33H30F3N3O4. The van der Waals surface area contributed by atoms with Crippen molar-refractivity contribution in [3.63, 3.8) is 0 Å². The molecule has 2 amide bonds. The van der Waals surface area contributed by atoms with E-state index in [0.717, 1.165) is 43.4 Å². The van der Waals surface area contributed by atoms with Crippen molar-refractivity contribution in [2.75, 3.05) is 11.9 Å². The van der Waals surface area contributed by atoms with E-state index in [1.54, 1.807) is 24.3 Å². The molecule has 1 aliphatic rings. The van der Waals surface area contributed by atoms with Crippen molar-refractivity contribution in [1.29, 1.82) is 5.26 Å². The highest BCUT2D eigenvalue weighted by Crippen LogP contribution is 2.34. The number of benzene rings is 3. The van der Waals surface area contributed by atoms with E-state index in [9.17, 15) is 27.6 Å². The molecule has 0 spiro atoms. The van der Waals surface area contributed by atoms with Crippen LogP contribution in [0.15, 0.2) is 72.8 Å². The number of carboxylic acids is 1. The molecule has 3 N–H and O–H groups in total. The molecule has 4 rings (SSSR count). The normalized spacial score (nSPS) is 13.8. The van der Waals surface area contributed by atoms with Gasteiger partial charge in [-0.3, -0.25) is 14.4 Å². The van der Waals surface area contributed by atoms with Gasteiger partial charge in [0.25, 0.3) is 5.91 Å². The first-order chi connectivity index (χ1) is 20.5. The molecule has 0 saturated heterocycles. The first-order valence-electron chi connectivity index (χ1n) is 13.9. The first kappa shape index (κ1) is 31.0. The van der Waals surface area contributed by atoms with Crippen molar-refractivity contribution >= 4 is 29.0 Å². The van der Waals surface area contributed by atoms with Crippen LogP contribution in [0.3, 0.4) is 0 Å². The van der Waals surface area contributed by atoms with E-state index < -0.39 is 41.0 Å². The molecule has 0 saturated carbocycles. The van der Waals surface area contributed by atoms with Crippen LogP contribution < -0.4 is 10.6 Å². The van der Waals surface area contributed by atoms with Crippen LogP contribution in [0.4, 0.5) is 18.9 Å². The number of nitriles is 1. The van der Waals surface area contributed by atoms with Crippen LogP contribution in [0.5, 0.6) is 0 Å². The van der Waals surface area contributed by atoms with Crippen molar-refractivity contribution in [1.82, 2.24) is 5.32 Å². The van der Waals surface area contributed by atoms with Crippen LogP contribution in [-0.4, -0.2) is 29.4 Å². The Bertz CT molecular complexity index is 1560. The van der Waals surface area contributed by atoms with Crippen LogP contribution >= 0.6 is 0 Å². The van der Waals surface area contributed by atoms with Gasteiger partial charge < -0.3 is 15.7 Å². The van der Waals surface area contributed by atoms with Gasteiger partial charge in [0.15, 0.2) is 0 Å². The average Bonchev–Trinajstić information content (AvgIpc) is 3.00. The number of rotatable bonds is 10. The van der Waals surface area contributed by atoms with Gasteiger partial charge in [0.2, 0.25) is 5.91 Å². The molecular weight excluding hydrogens is 559 g/mol. The third-order valence-electron chi connectivity index (χ3n) is 7.28.